The molecule has 0 aromatic carbocycles. The summed E-state index contributed by atoms with van der Waals surface area (Å²) in [5, 5.41) is 4.49. The van der Waals surface area contributed by atoms with E-state index < -0.39 is 0 Å². The number of thiocarbonyl (C=S) groups is 1. The van der Waals surface area contributed by atoms with Gasteiger partial charge in [0.05, 0.1) is 11.3 Å². The van der Waals surface area contributed by atoms with Crippen LogP contribution in [0.2, 0.25) is 0 Å². The standard InChI is InChI=1S/C13H22N4S/c1-5-10-7-6-8(2)17(10)13-11(12(14)18)9(3)15-16(13)4/h8,10H,5-7H2,1-4H3,(H2,14,18). The summed E-state index contributed by atoms with van der Waals surface area (Å²) < 4.78 is 1.92. The van der Waals surface area contributed by atoms with E-state index in [0.717, 1.165) is 23.5 Å². The number of rotatable bonds is 3. The highest BCUT2D eigenvalue weighted by Gasteiger charge is 2.34. The van der Waals surface area contributed by atoms with Crippen LogP contribution in [0.1, 0.15) is 44.4 Å². The van der Waals surface area contributed by atoms with Gasteiger partial charge in [0, 0.05) is 19.1 Å². The number of hydrogen-bond acceptors (Lipinski definition) is 3. The van der Waals surface area contributed by atoms with Gasteiger partial charge in [-0.15, -0.1) is 0 Å². The van der Waals surface area contributed by atoms with E-state index in [4.69, 9.17) is 18.0 Å². The molecule has 0 bridgehead atoms. The number of aryl methyl sites for hydroxylation is 2. The van der Waals surface area contributed by atoms with E-state index >= 15 is 0 Å². The lowest BCUT2D eigenvalue weighted by molar-refractivity contribution is 0.598. The summed E-state index contributed by atoms with van der Waals surface area (Å²) in [4.78, 5) is 2.90. The molecule has 1 saturated heterocycles. The maximum atomic E-state index is 5.88. The van der Waals surface area contributed by atoms with Crippen LogP contribution in [-0.4, -0.2) is 26.9 Å². The summed E-state index contributed by atoms with van der Waals surface area (Å²) in [6.07, 6.45) is 3.60. The summed E-state index contributed by atoms with van der Waals surface area (Å²) in [5.41, 5.74) is 7.75. The van der Waals surface area contributed by atoms with E-state index in [9.17, 15) is 0 Å². The minimum Gasteiger partial charge on any atom is -0.389 e. The van der Waals surface area contributed by atoms with Crippen molar-refractivity contribution in [2.45, 2.75) is 52.1 Å². The van der Waals surface area contributed by atoms with Crippen LogP contribution in [0.15, 0.2) is 0 Å². The highest BCUT2D eigenvalue weighted by molar-refractivity contribution is 7.80. The van der Waals surface area contributed by atoms with E-state index in [-0.39, 0.29) is 0 Å². The molecule has 18 heavy (non-hydrogen) atoms. The van der Waals surface area contributed by atoms with Crippen molar-refractivity contribution in [2.75, 3.05) is 4.90 Å². The Morgan fingerprint density at radius 2 is 2.17 bits per heavy atom. The highest BCUT2D eigenvalue weighted by atomic mass is 32.1. The van der Waals surface area contributed by atoms with Crippen LogP contribution in [0.25, 0.3) is 0 Å². The molecular weight excluding hydrogens is 244 g/mol. The second-order valence-electron chi connectivity index (χ2n) is 5.17. The average molecular weight is 266 g/mol. The van der Waals surface area contributed by atoms with Crippen LogP contribution in [0.4, 0.5) is 5.82 Å². The van der Waals surface area contributed by atoms with Gasteiger partial charge in [-0.25, -0.2) is 0 Å². The number of anilines is 1. The monoisotopic (exact) mass is 266 g/mol. The van der Waals surface area contributed by atoms with Gasteiger partial charge in [-0.3, -0.25) is 4.68 Å². The molecule has 0 radical (unpaired) electrons. The first-order chi connectivity index (χ1) is 8.47. The molecule has 2 atom stereocenters. The molecule has 1 aromatic heterocycles. The molecule has 2 rings (SSSR count). The molecule has 1 aromatic rings. The molecule has 1 aliphatic heterocycles. The maximum Gasteiger partial charge on any atom is 0.137 e. The molecule has 2 N–H and O–H groups in total. The molecule has 5 heteroatoms. The molecule has 2 unspecified atom stereocenters. The molecule has 0 amide bonds. The third kappa shape index (κ3) is 2.00. The zero-order valence-electron chi connectivity index (χ0n) is 11.6. The van der Waals surface area contributed by atoms with Crippen molar-refractivity contribution < 1.29 is 0 Å². The summed E-state index contributed by atoms with van der Waals surface area (Å²) in [7, 11) is 1.97. The van der Waals surface area contributed by atoms with E-state index in [0.29, 0.717) is 17.1 Å². The number of nitrogens with zero attached hydrogens (tertiary/aromatic N) is 3. The maximum absolute atomic E-state index is 5.88. The second-order valence-corrected chi connectivity index (χ2v) is 5.61. The second kappa shape index (κ2) is 4.88. The van der Waals surface area contributed by atoms with Crippen molar-refractivity contribution in [1.82, 2.24) is 9.78 Å². The SMILES string of the molecule is CCC1CCC(C)N1c1c(C(N)=S)c(C)nn1C. The smallest absolute Gasteiger partial charge is 0.137 e. The fourth-order valence-corrected chi connectivity index (χ4v) is 3.32. The molecule has 0 aliphatic carbocycles. The van der Waals surface area contributed by atoms with Crippen molar-refractivity contribution >= 4 is 23.0 Å². The Kier molecular flexibility index (Phi) is 3.61. The minimum absolute atomic E-state index is 0.449. The fraction of sp³-hybridized carbons (Fsp3) is 0.692. The predicted molar refractivity (Wildman–Crippen MR) is 79.1 cm³/mol. The van der Waals surface area contributed by atoms with Gasteiger partial charge in [0.15, 0.2) is 0 Å². The van der Waals surface area contributed by atoms with Gasteiger partial charge >= 0.3 is 0 Å². The van der Waals surface area contributed by atoms with Gasteiger partial charge in [-0.2, -0.15) is 5.10 Å². The molecule has 0 saturated carbocycles. The highest BCUT2D eigenvalue weighted by Crippen LogP contribution is 2.34. The van der Waals surface area contributed by atoms with Gasteiger partial charge in [-0.05, 0) is 33.1 Å². The summed E-state index contributed by atoms with van der Waals surface area (Å²) in [6.45, 7) is 6.47. The lowest BCUT2D eigenvalue weighted by Crippen LogP contribution is -2.37. The minimum atomic E-state index is 0.449. The Bertz CT molecular complexity index is 466. The number of nitrogens with two attached hydrogens (primary N) is 1. The zero-order chi connectivity index (χ0) is 13.4. The largest absolute Gasteiger partial charge is 0.389 e. The first-order valence-corrected chi connectivity index (χ1v) is 6.99. The third-order valence-corrected chi connectivity index (χ3v) is 4.14. The predicted octanol–water partition coefficient (Wildman–Crippen LogP) is 2.13. The quantitative estimate of drug-likeness (QED) is 0.851. The van der Waals surface area contributed by atoms with E-state index in [1.807, 2.05) is 18.7 Å². The Hall–Kier alpha value is -1.10. The molecule has 1 fully saturated rings. The van der Waals surface area contributed by atoms with Crippen LogP contribution in [0, 0.1) is 6.92 Å². The van der Waals surface area contributed by atoms with E-state index in [1.165, 1.54) is 12.8 Å². The van der Waals surface area contributed by atoms with Gasteiger partial charge in [0.25, 0.3) is 0 Å². The molecule has 4 nitrogen and oxygen atoms in total. The number of hydrogen-bond donors (Lipinski definition) is 1. The number of aromatic nitrogens is 2. The summed E-state index contributed by atoms with van der Waals surface area (Å²) >= 11 is 5.20. The van der Waals surface area contributed by atoms with Crippen molar-refractivity contribution in [3.05, 3.63) is 11.3 Å². The molecule has 1 aliphatic rings. The summed E-state index contributed by atoms with van der Waals surface area (Å²) in [5.74, 6) is 1.09. The van der Waals surface area contributed by atoms with Crippen molar-refractivity contribution in [3.8, 4) is 0 Å². The van der Waals surface area contributed by atoms with Crippen LogP contribution in [0.5, 0.6) is 0 Å². The summed E-state index contributed by atoms with van der Waals surface area (Å²) in [6, 6.07) is 1.10. The van der Waals surface area contributed by atoms with Crippen LogP contribution in [0.3, 0.4) is 0 Å². The van der Waals surface area contributed by atoms with Crippen LogP contribution >= 0.6 is 12.2 Å². The average Bonchev–Trinajstić information content (AvgIpc) is 2.78. The van der Waals surface area contributed by atoms with Gasteiger partial charge < -0.3 is 10.6 Å². The van der Waals surface area contributed by atoms with Crippen molar-refractivity contribution in [2.24, 2.45) is 12.8 Å². The van der Waals surface area contributed by atoms with E-state index in [1.54, 1.807) is 0 Å². The lowest BCUT2D eigenvalue weighted by Gasteiger charge is -2.31. The Morgan fingerprint density at radius 3 is 2.72 bits per heavy atom. The first-order valence-electron chi connectivity index (χ1n) is 6.59. The van der Waals surface area contributed by atoms with Crippen molar-refractivity contribution in [3.63, 3.8) is 0 Å². The molecule has 100 valence electrons. The normalized spacial score (nSPS) is 23.7. The molecular formula is C13H22N4S. The molecule has 2 heterocycles. The Labute approximate surface area is 114 Å². The van der Waals surface area contributed by atoms with Gasteiger partial charge in [-0.1, -0.05) is 19.1 Å². The first kappa shape index (κ1) is 13.3. The van der Waals surface area contributed by atoms with Gasteiger partial charge in [0.2, 0.25) is 0 Å². The Morgan fingerprint density at radius 1 is 1.50 bits per heavy atom. The fourth-order valence-electron chi connectivity index (χ4n) is 3.08. The lowest BCUT2D eigenvalue weighted by atomic mass is 10.1. The van der Waals surface area contributed by atoms with Gasteiger partial charge in [0.1, 0.15) is 10.8 Å². The van der Waals surface area contributed by atoms with Crippen molar-refractivity contribution in [1.29, 1.82) is 0 Å². The van der Waals surface area contributed by atoms with Crippen LogP contribution in [-0.2, 0) is 7.05 Å². The van der Waals surface area contributed by atoms with Crippen LogP contribution < -0.4 is 10.6 Å². The Balaban J connectivity index is 2.52. The van der Waals surface area contributed by atoms with E-state index in [2.05, 4.69) is 23.8 Å². The zero-order valence-corrected chi connectivity index (χ0v) is 12.4. The topological polar surface area (TPSA) is 47.1 Å². The third-order valence-electron chi connectivity index (χ3n) is 3.94. The molecule has 0 spiro atoms.